The second-order valence-electron chi connectivity index (χ2n) is 4.88. The zero-order chi connectivity index (χ0) is 15.7. The molecule has 3 nitrogen and oxygen atoms in total. The Hall–Kier alpha value is -1.00. The summed E-state index contributed by atoms with van der Waals surface area (Å²) >= 11 is 3.62. The van der Waals surface area contributed by atoms with Crippen LogP contribution in [-0.2, 0) is 4.74 Å². The third kappa shape index (κ3) is 5.36. The minimum Gasteiger partial charge on any atom is -0.493 e. The smallest absolute Gasteiger partial charge is 0.161 e. The Morgan fingerprint density at radius 1 is 1.24 bits per heavy atom. The van der Waals surface area contributed by atoms with Gasteiger partial charge in [0.1, 0.15) is 0 Å². The quantitative estimate of drug-likeness (QED) is 0.438. The van der Waals surface area contributed by atoms with E-state index in [9.17, 15) is 0 Å². The Labute approximate surface area is 136 Å². The predicted octanol–water partition coefficient (Wildman–Crippen LogP) is 4.94. The molecule has 1 aromatic rings. The van der Waals surface area contributed by atoms with Crippen molar-refractivity contribution in [3.05, 3.63) is 34.8 Å². The zero-order valence-corrected chi connectivity index (χ0v) is 14.7. The number of rotatable bonds is 10. The van der Waals surface area contributed by atoms with Gasteiger partial charge in [0, 0.05) is 17.0 Å². The van der Waals surface area contributed by atoms with E-state index in [-0.39, 0.29) is 5.92 Å². The molecule has 0 N–H and O–H groups in total. The third-order valence-electron chi connectivity index (χ3n) is 3.36. The van der Waals surface area contributed by atoms with Crippen LogP contribution in [0.4, 0.5) is 0 Å². The second kappa shape index (κ2) is 9.85. The minimum atomic E-state index is 0.258. The lowest BCUT2D eigenvalue weighted by Gasteiger charge is -2.19. The van der Waals surface area contributed by atoms with Crippen LogP contribution in [0.3, 0.4) is 0 Å². The van der Waals surface area contributed by atoms with Gasteiger partial charge in [0.25, 0.3) is 0 Å². The number of hydrogen-bond acceptors (Lipinski definition) is 3. The average molecular weight is 357 g/mol. The van der Waals surface area contributed by atoms with Crippen molar-refractivity contribution in [2.45, 2.75) is 32.1 Å². The zero-order valence-electron chi connectivity index (χ0n) is 13.2. The first-order chi connectivity index (χ1) is 10.2. The summed E-state index contributed by atoms with van der Waals surface area (Å²) in [5, 5.41) is 0. The number of benzene rings is 1. The molecule has 0 saturated heterocycles. The molecule has 21 heavy (non-hydrogen) atoms. The van der Waals surface area contributed by atoms with Crippen LogP contribution in [0.25, 0.3) is 0 Å². The number of ether oxygens (including phenoxy) is 3. The summed E-state index contributed by atoms with van der Waals surface area (Å²) in [4.78, 5) is 0. The molecule has 0 aromatic heterocycles. The summed E-state index contributed by atoms with van der Waals surface area (Å²) in [7, 11) is 3.29. The maximum Gasteiger partial charge on any atom is 0.161 e. The maximum atomic E-state index is 5.79. The molecule has 0 heterocycles. The Bertz CT molecular complexity index is 446. The van der Waals surface area contributed by atoms with Gasteiger partial charge in [-0.1, -0.05) is 35.4 Å². The molecule has 0 radical (unpaired) electrons. The molecular formula is C17H25BrO3. The first-order valence-corrected chi connectivity index (χ1v) is 8.07. The number of allylic oxidation sites excluding steroid dienone is 1. The van der Waals surface area contributed by atoms with Crippen LogP contribution in [-0.4, -0.2) is 27.4 Å². The summed E-state index contributed by atoms with van der Waals surface area (Å²) in [5.74, 6) is 1.71. The van der Waals surface area contributed by atoms with Crippen molar-refractivity contribution in [1.82, 2.24) is 0 Å². The second-order valence-corrected chi connectivity index (χ2v) is 5.73. The van der Waals surface area contributed by atoms with Gasteiger partial charge in [-0.05, 0) is 30.5 Å². The topological polar surface area (TPSA) is 27.7 Å². The van der Waals surface area contributed by atoms with Crippen LogP contribution in [0.1, 0.15) is 37.7 Å². The fraction of sp³-hybridized carbons (Fsp3) is 0.529. The molecule has 4 heteroatoms. The van der Waals surface area contributed by atoms with E-state index in [1.165, 1.54) is 0 Å². The van der Waals surface area contributed by atoms with E-state index in [1.54, 1.807) is 14.2 Å². The van der Waals surface area contributed by atoms with Crippen LogP contribution >= 0.6 is 15.9 Å². The van der Waals surface area contributed by atoms with E-state index in [4.69, 9.17) is 14.2 Å². The Kier molecular flexibility index (Phi) is 8.47. The molecule has 0 aliphatic carbocycles. The van der Waals surface area contributed by atoms with Gasteiger partial charge >= 0.3 is 0 Å². The Morgan fingerprint density at radius 2 is 1.90 bits per heavy atom. The molecule has 1 unspecified atom stereocenters. The lowest BCUT2D eigenvalue weighted by Crippen LogP contribution is -2.09. The average Bonchev–Trinajstić information content (AvgIpc) is 2.50. The van der Waals surface area contributed by atoms with Gasteiger partial charge in [0.2, 0.25) is 0 Å². The predicted molar refractivity (Wildman–Crippen MR) is 90.5 cm³/mol. The molecule has 0 aliphatic heterocycles. The summed E-state index contributed by atoms with van der Waals surface area (Å²) < 4.78 is 17.5. The fourth-order valence-corrected chi connectivity index (χ4v) is 2.79. The lowest BCUT2D eigenvalue weighted by molar-refractivity contribution is 0.117. The molecule has 1 rings (SSSR count). The SMILES string of the molecule is C=CCC(COCCCC)c1cc(OC)c(OC)cc1Br. The van der Waals surface area contributed by atoms with Gasteiger partial charge in [-0.15, -0.1) is 6.58 Å². The summed E-state index contributed by atoms with van der Waals surface area (Å²) in [6.45, 7) is 7.49. The van der Waals surface area contributed by atoms with Crippen molar-refractivity contribution in [2.75, 3.05) is 27.4 Å². The number of halogens is 1. The molecule has 0 aliphatic rings. The highest BCUT2D eigenvalue weighted by atomic mass is 79.9. The van der Waals surface area contributed by atoms with Crippen molar-refractivity contribution in [1.29, 1.82) is 0 Å². The molecule has 0 amide bonds. The van der Waals surface area contributed by atoms with Crippen LogP contribution in [0.5, 0.6) is 11.5 Å². The highest BCUT2D eigenvalue weighted by molar-refractivity contribution is 9.10. The number of hydrogen-bond donors (Lipinski definition) is 0. The summed E-state index contributed by atoms with van der Waals surface area (Å²) in [6.07, 6.45) is 5.03. The molecule has 0 fully saturated rings. The standard InChI is InChI=1S/C17H25BrO3/c1-5-7-9-21-12-13(8-6-2)14-10-16(19-3)17(20-4)11-15(14)18/h6,10-11,13H,2,5,7-9,12H2,1,3-4H3. The van der Waals surface area contributed by atoms with Crippen LogP contribution in [0, 0.1) is 0 Å². The van der Waals surface area contributed by atoms with E-state index >= 15 is 0 Å². The molecule has 0 saturated carbocycles. The summed E-state index contributed by atoms with van der Waals surface area (Å²) in [5.41, 5.74) is 1.16. The largest absolute Gasteiger partial charge is 0.493 e. The third-order valence-corrected chi connectivity index (χ3v) is 4.04. The van der Waals surface area contributed by atoms with Gasteiger partial charge in [-0.2, -0.15) is 0 Å². The normalized spacial score (nSPS) is 12.0. The van der Waals surface area contributed by atoms with Crippen molar-refractivity contribution < 1.29 is 14.2 Å². The monoisotopic (exact) mass is 356 g/mol. The van der Waals surface area contributed by atoms with E-state index in [1.807, 2.05) is 18.2 Å². The highest BCUT2D eigenvalue weighted by Gasteiger charge is 2.17. The van der Waals surface area contributed by atoms with Crippen molar-refractivity contribution in [3.8, 4) is 11.5 Å². The van der Waals surface area contributed by atoms with Crippen molar-refractivity contribution in [3.63, 3.8) is 0 Å². The highest BCUT2D eigenvalue weighted by Crippen LogP contribution is 2.37. The lowest BCUT2D eigenvalue weighted by atomic mass is 9.96. The molecular weight excluding hydrogens is 332 g/mol. The van der Waals surface area contributed by atoms with Crippen molar-refractivity contribution >= 4 is 15.9 Å². The molecule has 0 spiro atoms. The molecule has 0 bridgehead atoms. The summed E-state index contributed by atoms with van der Waals surface area (Å²) in [6, 6.07) is 3.95. The molecule has 118 valence electrons. The minimum absolute atomic E-state index is 0.258. The van der Waals surface area contributed by atoms with Gasteiger partial charge in [-0.25, -0.2) is 0 Å². The molecule has 1 atom stereocenters. The molecule has 1 aromatic carbocycles. The van der Waals surface area contributed by atoms with Gasteiger partial charge in [-0.3, -0.25) is 0 Å². The van der Waals surface area contributed by atoms with Crippen molar-refractivity contribution in [2.24, 2.45) is 0 Å². The maximum absolute atomic E-state index is 5.79. The van der Waals surface area contributed by atoms with Gasteiger partial charge < -0.3 is 14.2 Å². The first kappa shape index (κ1) is 18.1. The number of methoxy groups -OCH3 is 2. The van der Waals surface area contributed by atoms with Gasteiger partial charge in [0.15, 0.2) is 11.5 Å². The Morgan fingerprint density at radius 3 is 2.48 bits per heavy atom. The van der Waals surface area contributed by atoms with Crippen LogP contribution < -0.4 is 9.47 Å². The fourth-order valence-electron chi connectivity index (χ4n) is 2.14. The van der Waals surface area contributed by atoms with Gasteiger partial charge in [0.05, 0.1) is 20.8 Å². The van der Waals surface area contributed by atoms with E-state index in [2.05, 4.69) is 29.4 Å². The van der Waals surface area contributed by atoms with Crippen LogP contribution in [0.2, 0.25) is 0 Å². The van der Waals surface area contributed by atoms with E-state index in [0.717, 1.165) is 47.4 Å². The number of unbranched alkanes of at least 4 members (excludes halogenated alkanes) is 1. The van der Waals surface area contributed by atoms with E-state index < -0.39 is 0 Å². The first-order valence-electron chi connectivity index (χ1n) is 7.27. The Balaban J connectivity index is 2.93. The van der Waals surface area contributed by atoms with E-state index in [0.29, 0.717) is 6.61 Å². The van der Waals surface area contributed by atoms with Crippen LogP contribution in [0.15, 0.2) is 29.3 Å².